The first-order chi connectivity index (χ1) is 6.55. The molecule has 0 amide bonds. The highest BCUT2D eigenvalue weighted by atomic mass is 16.5. The van der Waals surface area contributed by atoms with Gasteiger partial charge in [0.1, 0.15) is 11.4 Å². The van der Waals surface area contributed by atoms with Crippen molar-refractivity contribution < 1.29 is 9.84 Å². The summed E-state index contributed by atoms with van der Waals surface area (Å²) < 4.78 is 5.71. The van der Waals surface area contributed by atoms with E-state index in [0.29, 0.717) is 0 Å². The zero-order valence-corrected chi connectivity index (χ0v) is 9.08. The highest BCUT2D eigenvalue weighted by Gasteiger charge is 2.20. The Morgan fingerprint density at radius 2 is 2.21 bits per heavy atom. The fraction of sp³-hybridized carbons (Fsp3) is 0.500. The first kappa shape index (κ1) is 11.1. The number of hydrogen-bond donors (Lipinski definition) is 1. The third-order valence-corrected chi connectivity index (χ3v) is 2.10. The van der Waals surface area contributed by atoms with Crippen LogP contribution in [0.5, 0.6) is 0 Å². The topological polar surface area (TPSA) is 29.5 Å². The minimum Gasteiger partial charge on any atom is -0.485 e. The van der Waals surface area contributed by atoms with Crippen molar-refractivity contribution in [1.29, 1.82) is 0 Å². The second-order valence-electron chi connectivity index (χ2n) is 4.10. The second-order valence-corrected chi connectivity index (χ2v) is 4.10. The molecule has 2 nitrogen and oxygen atoms in total. The van der Waals surface area contributed by atoms with Crippen LogP contribution in [0, 0.1) is 0 Å². The van der Waals surface area contributed by atoms with Gasteiger partial charge in [0.2, 0.25) is 0 Å². The third kappa shape index (κ3) is 3.04. The lowest BCUT2D eigenvalue weighted by atomic mass is 10.1. The van der Waals surface area contributed by atoms with Crippen LogP contribution in [0.25, 0.3) is 0 Å². The molecule has 1 rings (SSSR count). The summed E-state index contributed by atoms with van der Waals surface area (Å²) in [6.45, 7) is 5.78. The van der Waals surface area contributed by atoms with E-state index in [1.54, 1.807) is 0 Å². The third-order valence-electron chi connectivity index (χ3n) is 2.10. The molecule has 0 aromatic heterocycles. The van der Waals surface area contributed by atoms with Crippen LogP contribution in [0.3, 0.4) is 0 Å². The predicted molar refractivity (Wildman–Crippen MR) is 57.8 cm³/mol. The molecule has 0 radical (unpaired) electrons. The Morgan fingerprint density at radius 3 is 2.86 bits per heavy atom. The maximum atomic E-state index is 9.09. The Labute approximate surface area is 85.6 Å². The average Bonchev–Trinajstić information content (AvgIpc) is 2.32. The van der Waals surface area contributed by atoms with Crippen molar-refractivity contribution >= 4 is 0 Å². The van der Waals surface area contributed by atoms with Gasteiger partial charge >= 0.3 is 0 Å². The molecule has 0 spiro atoms. The molecule has 0 bridgehead atoms. The molecule has 0 heterocycles. The van der Waals surface area contributed by atoms with E-state index in [0.717, 1.165) is 17.8 Å². The van der Waals surface area contributed by atoms with Gasteiger partial charge in [0.15, 0.2) is 0 Å². The van der Waals surface area contributed by atoms with Gasteiger partial charge in [-0.05, 0) is 38.8 Å². The molecule has 0 aliphatic heterocycles. The summed E-state index contributed by atoms with van der Waals surface area (Å²) in [5, 5.41) is 9.09. The normalized spacial score (nSPS) is 17.1. The lowest BCUT2D eigenvalue weighted by Crippen LogP contribution is -2.28. The molecule has 1 N–H and O–H groups in total. The van der Waals surface area contributed by atoms with E-state index in [1.807, 2.05) is 32.9 Å². The average molecular weight is 194 g/mol. The summed E-state index contributed by atoms with van der Waals surface area (Å²) in [7, 11) is 0. The summed E-state index contributed by atoms with van der Waals surface area (Å²) in [5.41, 5.74) is 0.607. The van der Waals surface area contributed by atoms with Gasteiger partial charge in [0.25, 0.3) is 0 Å². The molecular weight excluding hydrogens is 176 g/mol. The fourth-order valence-electron chi connectivity index (χ4n) is 1.16. The Kier molecular flexibility index (Phi) is 3.53. The van der Waals surface area contributed by atoms with Crippen molar-refractivity contribution in [3.63, 3.8) is 0 Å². The van der Waals surface area contributed by atoms with Crippen molar-refractivity contribution in [1.82, 2.24) is 0 Å². The Morgan fingerprint density at radius 1 is 1.50 bits per heavy atom. The Balaban J connectivity index is 2.76. The van der Waals surface area contributed by atoms with E-state index in [2.05, 4.69) is 12.2 Å². The predicted octanol–water partition coefficient (Wildman–Crippen LogP) is 2.56. The number of aliphatic hydroxyl groups is 1. The monoisotopic (exact) mass is 194 g/mol. The van der Waals surface area contributed by atoms with Crippen molar-refractivity contribution in [3.8, 4) is 0 Å². The quantitative estimate of drug-likeness (QED) is 0.748. The molecule has 0 aromatic rings. The molecule has 0 atom stereocenters. The number of ether oxygens (including phenoxy) is 1. The fourth-order valence-corrected chi connectivity index (χ4v) is 1.16. The van der Waals surface area contributed by atoms with Gasteiger partial charge in [-0.2, -0.15) is 0 Å². The van der Waals surface area contributed by atoms with Crippen LogP contribution >= 0.6 is 0 Å². The van der Waals surface area contributed by atoms with Gasteiger partial charge in [-0.3, -0.25) is 0 Å². The highest BCUT2D eigenvalue weighted by molar-refractivity contribution is 5.31. The van der Waals surface area contributed by atoms with Crippen LogP contribution in [-0.4, -0.2) is 17.3 Å². The van der Waals surface area contributed by atoms with E-state index < -0.39 is 5.60 Å². The largest absolute Gasteiger partial charge is 0.485 e. The summed E-state index contributed by atoms with van der Waals surface area (Å²) in [4.78, 5) is 0. The minimum absolute atomic E-state index is 0.0152. The van der Waals surface area contributed by atoms with Gasteiger partial charge in [-0.15, -0.1) is 0 Å². The summed E-state index contributed by atoms with van der Waals surface area (Å²) in [5.74, 6) is 0.845. The molecule has 0 fully saturated rings. The first-order valence-corrected chi connectivity index (χ1v) is 4.89. The number of allylic oxidation sites excluding steroid dienone is 5. The molecule has 1 aliphatic rings. The molecular formula is C12H18O2. The standard InChI is InChI=1S/C12H18O2/c1-10-7-5-4-6-8-11(10)14-12(2,3)9-13/h4,6-8,13H,5,9H2,1-3H3. The van der Waals surface area contributed by atoms with Crippen LogP contribution in [0.1, 0.15) is 27.2 Å². The number of aliphatic hydroxyl groups excluding tert-OH is 1. The zero-order valence-electron chi connectivity index (χ0n) is 9.08. The van der Waals surface area contributed by atoms with Crippen molar-refractivity contribution in [2.24, 2.45) is 0 Å². The Hall–Kier alpha value is -1.02. The smallest absolute Gasteiger partial charge is 0.126 e. The van der Waals surface area contributed by atoms with Crippen LogP contribution in [-0.2, 0) is 4.74 Å². The van der Waals surface area contributed by atoms with E-state index in [-0.39, 0.29) is 6.61 Å². The van der Waals surface area contributed by atoms with Crippen LogP contribution in [0.15, 0.2) is 35.6 Å². The van der Waals surface area contributed by atoms with Gasteiger partial charge in [0.05, 0.1) is 6.61 Å². The van der Waals surface area contributed by atoms with Gasteiger partial charge in [0, 0.05) is 0 Å². The first-order valence-electron chi connectivity index (χ1n) is 4.89. The van der Waals surface area contributed by atoms with Crippen LogP contribution in [0.2, 0.25) is 0 Å². The van der Waals surface area contributed by atoms with E-state index in [4.69, 9.17) is 9.84 Å². The second kappa shape index (κ2) is 4.47. The minimum atomic E-state index is -0.515. The molecule has 0 saturated heterocycles. The maximum Gasteiger partial charge on any atom is 0.126 e. The van der Waals surface area contributed by atoms with Gasteiger partial charge in [-0.25, -0.2) is 0 Å². The molecule has 0 unspecified atom stereocenters. The molecule has 0 saturated carbocycles. The molecule has 2 heteroatoms. The summed E-state index contributed by atoms with van der Waals surface area (Å²) in [6, 6.07) is 0. The molecule has 0 aromatic carbocycles. The maximum absolute atomic E-state index is 9.09. The van der Waals surface area contributed by atoms with Crippen LogP contribution in [0.4, 0.5) is 0 Å². The van der Waals surface area contributed by atoms with E-state index in [9.17, 15) is 0 Å². The zero-order chi connectivity index (χ0) is 10.6. The van der Waals surface area contributed by atoms with Crippen molar-refractivity contribution in [2.75, 3.05) is 6.61 Å². The number of rotatable bonds is 3. The number of hydrogen-bond acceptors (Lipinski definition) is 2. The van der Waals surface area contributed by atoms with Crippen LogP contribution < -0.4 is 0 Å². The van der Waals surface area contributed by atoms with E-state index >= 15 is 0 Å². The SMILES string of the molecule is CC1=CCC=CC=C1OC(C)(C)CO. The molecule has 1 aliphatic carbocycles. The summed E-state index contributed by atoms with van der Waals surface area (Å²) in [6.07, 6.45) is 9.05. The van der Waals surface area contributed by atoms with E-state index in [1.165, 1.54) is 0 Å². The lowest BCUT2D eigenvalue weighted by Gasteiger charge is -2.25. The Bertz CT molecular complexity index is 283. The lowest BCUT2D eigenvalue weighted by molar-refractivity contribution is -0.00937. The molecule has 78 valence electrons. The highest BCUT2D eigenvalue weighted by Crippen LogP contribution is 2.21. The van der Waals surface area contributed by atoms with Crippen molar-refractivity contribution in [2.45, 2.75) is 32.8 Å². The van der Waals surface area contributed by atoms with Gasteiger partial charge in [-0.1, -0.05) is 18.2 Å². The summed E-state index contributed by atoms with van der Waals surface area (Å²) >= 11 is 0. The van der Waals surface area contributed by atoms with Gasteiger partial charge < -0.3 is 9.84 Å². The van der Waals surface area contributed by atoms with Crippen molar-refractivity contribution in [3.05, 3.63) is 35.6 Å². The molecule has 14 heavy (non-hydrogen) atoms.